The van der Waals surface area contributed by atoms with Gasteiger partial charge in [0.15, 0.2) is 5.43 Å². The lowest BCUT2D eigenvalue weighted by atomic mass is 9.98. The molecule has 7 nitrogen and oxygen atoms in total. The van der Waals surface area contributed by atoms with Crippen molar-refractivity contribution < 1.29 is 5.11 Å². The second-order valence-electron chi connectivity index (χ2n) is 7.44. The van der Waals surface area contributed by atoms with Gasteiger partial charge in [-0.1, -0.05) is 24.3 Å². The number of nitrogens with zero attached hydrogens (tertiary/aromatic N) is 4. The van der Waals surface area contributed by atoms with Gasteiger partial charge in [-0.2, -0.15) is 5.10 Å². The minimum atomic E-state index is -0.0749. The largest absolute Gasteiger partial charge is 0.493 e. The van der Waals surface area contributed by atoms with Crippen molar-refractivity contribution >= 4 is 32.4 Å². The topological polar surface area (TPSA) is 82.8 Å². The zero-order valence-electron chi connectivity index (χ0n) is 16.9. The van der Waals surface area contributed by atoms with E-state index in [0.717, 1.165) is 18.5 Å². The third-order valence-corrected chi connectivity index (χ3v) is 5.18. The highest BCUT2D eigenvalue weighted by Crippen LogP contribution is 2.32. The Hall–Kier alpha value is -3.03. The van der Waals surface area contributed by atoms with E-state index in [0.29, 0.717) is 45.5 Å². The molecule has 1 heterocycles. The van der Waals surface area contributed by atoms with Crippen LogP contribution in [0.1, 0.15) is 0 Å². The highest BCUT2D eigenvalue weighted by molar-refractivity contribution is 6.20. The summed E-state index contributed by atoms with van der Waals surface area (Å²) in [6, 6.07) is 11.2. The predicted molar refractivity (Wildman–Crippen MR) is 117 cm³/mol. The molecule has 0 saturated heterocycles. The van der Waals surface area contributed by atoms with Crippen LogP contribution in [-0.2, 0) is 6.54 Å². The van der Waals surface area contributed by atoms with Crippen LogP contribution in [0.15, 0.2) is 46.2 Å². The van der Waals surface area contributed by atoms with Crippen LogP contribution in [0.2, 0.25) is 0 Å². The minimum Gasteiger partial charge on any atom is -0.493 e. The Morgan fingerprint density at radius 1 is 1.10 bits per heavy atom. The Balaban J connectivity index is 2.14. The van der Waals surface area contributed by atoms with Crippen molar-refractivity contribution in [3.05, 3.63) is 52.0 Å². The molecule has 0 fully saturated rings. The quantitative estimate of drug-likeness (QED) is 0.296. The molecule has 0 radical (unpaired) electrons. The maximum atomic E-state index is 13.4. The van der Waals surface area contributed by atoms with E-state index in [1.165, 1.54) is 0 Å². The van der Waals surface area contributed by atoms with E-state index in [1.54, 1.807) is 4.68 Å². The molecule has 4 rings (SSSR count). The number of aromatic nitrogens is 2. The fraction of sp³-hybridized carbons (Fsp3) is 0.318. The van der Waals surface area contributed by atoms with Gasteiger partial charge in [0.05, 0.1) is 23.8 Å². The molecule has 0 saturated carbocycles. The van der Waals surface area contributed by atoms with Gasteiger partial charge in [-0.05, 0) is 33.3 Å². The number of nitrogens with one attached hydrogen (secondary N) is 1. The number of hydrogen-bond acceptors (Lipinski definition) is 6. The summed E-state index contributed by atoms with van der Waals surface area (Å²) in [7, 11) is 5.83. The molecule has 0 spiro atoms. The molecular formula is C22H25N5O2. The van der Waals surface area contributed by atoms with Crippen LogP contribution >= 0.6 is 0 Å². The normalized spacial score (nSPS) is 12.8. The van der Waals surface area contributed by atoms with Gasteiger partial charge in [-0.25, -0.2) is 4.68 Å². The van der Waals surface area contributed by atoms with Crippen molar-refractivity contribution in [3.63, 3.8) is 0 Å². The van der Waals surface area contributed by atoms with Crippen LogP contribution in [0.3, 0.4) is 0 Å². The lowest BCUT2D eigenvalue weighted by molar-refractivity contribution is 0.340. The standard InChI is InChI=1S/C22H25N5O2/c1-23-10-11-24-17-9-8-16-18-19(17)21(28)15-7-5-4-6-14(15)20(18)25-27(22(16)29)13-12-26(2)3/h4-9,23,29H,10-13H2,1-3H3. The molecule has 0 aliphatic heterocycles. The van der Waals surface area contributed by atoms with Crippen molar-refractivity contribution in [2.24, 2.45) is 4.99 Å². The number of aromatic hydroxyl groups is 1. The van der Waals surface area contributed by atoms with Gasteiger partial charge in [0, 0.05) is 34.6 Å². The molecule has 2 N–H and O–H groups in total. The SMILES string of the molecule is CNCCN=c1ccc2c(O)n(CCN(C)C)nc3c4ccccc4c(=O)c1c23. The lowest BCUT2D eigenvalue weighted by Gasteiger charge is -2.17. The van der Waals surface area contributed by atoms with Crippen molar-refractivity contribution in [2.75, 3.05) is 40.8 Å². The average molecular weight is 391 g/mol. The number of rotatable bonds is 6. The van der Waals surface area contributed by atoms with Gasteiger partial charge < -0.3 is 15.3 Å². The highest BCUT2D eigenvalue weighted by atomic mass is 16.3. The number of benzene rings is 3. The van der Waals surface area contributed by atoms with Crippen LogP contribution in [0, 0.1) is 0 Å². The van der Waals surface area contributed by atoms with Crippen molar-refractivity contribution in [1.82, 2.24) is 20.0 Å². The van der Waals surface area contributed by atoms with Gasteiger partial charge in [0.25, 0.3) is 0 Å². The van der Waals surface area contributed by atoms with E-state index >= 15 is 0 Å². The summed E-state index contributed by atoms with van der Waals surface area (Å²) < 4.78 is 1.62. The zero-order chi connectivity index (χ0) is 20.5. The minimum absolute atomic E-state index is 0.0702. The molecule has 0 amide bonds. The van der Waals surface area contributed by atoms with Crippen molar-refractivity contribution in [3.8, 4) is 5.88 Å². The molecule has 0 bridgehead atoms. The highest BCUT2D eigenvalue weighted by Gasteiger charge is 2.18. The van der Waals surface area contributed by atoms with Gasteiger partial charge in [-0.3, -0.25) is 9.79 Å². The first-order chi connectivity index (χ1) is 14.0. The molecular weight excluding hydrogens is 366 g/mol. The molecule has 150 valence electrons. The van der Waals surface area contributed by atoms with E-state index in [4.69, 9.17) is 5.10 Å². The van der Waals surface area contributed by atoms with Gasteiger partial charge in [0.2, 0.25) is 5.88 Å². The van der Waals surface area contributed by atoms with Crippen LogP contribution in [0.4, 0.5) is 0 Å². The van der Waals surface area contributed by atoms with Crippen LogP contribution in [0.5, 0.6) is 5.88 Å². The molecule has 1 aromatic heterocycles. The van der Waals surface area contributed by atoms with Gasteiger partial charge in [0.1, 0.15) is 5.52 Å². The fourth-order valence-corrected chi connectivity index (χ4v) is 3.69. The van der Waals surface area contributed by atoms with Crippen LogP contribution < -0.4 is 16.1 Å². The van der Waals surface area contributed by atoms with Gasteiger partial charge in [-0.15, -0.1) is 0 Å². The van der Waals surface area contributed by atoms with Crippen LogP contribution in [0.25, 0.3) is 32.4 Å². The summed E-state index contributed by atoms with van der Waals surface area (Å²) in [5.41, 5.74) is 0.640. The van der Waals surface area contributed by atoms with E-state index in [-0.39, 0.29) is 11.3 Å². The Labute approximate surface area is 168 Å². The third kappa shape index (κ3) is 3.32. The molecule has 7 heteroatoms. The number of likely N-dealkylation sites (N-methyl/N-ethyl adjacent to an activating group) is 2. The first kappa shape index (κ1) is 19.3. The Bertz CT molecular complexity index is 1310. The molecule has 4 aromatic rings. The fourth-order valence-electron chi connectivity index (χ4n) is 3.69. The summed E-state index contributed by atoms with van der Waals surface area (Å²) in [4.78, 5) is 20.0. The summed E-state index contributed by atoms with van der Waals surface area (Å²) in [6.07, 6.45) is 0. The third-order valence-electron chi connectivity index (χ3n) is 5.18. The van der Waals surface area contributed by atoms with E-state index < -0.39 is 0 Å². The summed E-state index contributed by atoms with van der Waals surface area (Å²) in [6.45, 7) is 2.56. The smallest absolute Gasteiger partial charge is 0.215 e. The second-order valence-corrected chi connectivity index (χ2v) is 7.44. The number of hydrogen-bond donors (Lipinski definition) is 2. The van der Waals surface area contributed by atoms with Gasteiger partial charge >= 0.3 is 0 Å². The molecule has 0 unspecified atom stereocenters. The van der Waals surface area contributed by atoms with E-state index in [1.807, 2.05) is 62.4 Å². The first-order valence-electron chi connectivity index (χ1n) is 9.73. The monoisotopic (exact) mass is 391 g/mol. The number of fused-ring (bicyclic) bond motifs is 2. The average Bonchev–Trinajstić information content (AvgIpc) is 2.72. The maximum absolute atomic E-state index is 13.4. The first-order valence-corrected chi connectivity index (χ1v) is 9.73. The molecule has 0 aliphatic rings. The van der Waals surface area contributed by atoms with Crippen molar-refractivity contribution in [1.29, 1.82) is 0 Å². The summed E-state index contributed by atoms with van der Waals surface area (Å²) >= 11 is 0. The second kappa shape index (κ2) is 7.77. The van der Waals surface area contributed by atoms with E-state index in [2.05, 4.69) is 10.3 Å². The molecule has 29 heavy (non-hydrogen) atoms. The zero-order valence-corrected chi connectivity index (χ0v) is 16.9. The summed E-state index contributed by atoms with van der Waals surface area (Å²) in [5, 5.41) is 22.6. The lowest BCUT2D eigenvalue weighted by Crippen LogP contribution is -2.21. The Morgan fingerprint density at radius 2 is 1.86 bits per heavy atom. The van der Waals surface area contributed by atoms with Crippen molar-refractivity contribution in [2.45, 2.75) is 6.54 Å². The Morgan fingerprint density at radius 3 is 2.59 bits per heavy atom. The van der Waals surface area contributed by atoms with E-state index in [9.17, 15) is 9.90 Å². The molecule has 3 aromatic carbocycles. The summed E-state index contributed by atoms with van der Waals surface area (Å²) in [5.74, 6) is 0.0702. The molecule has 0 aliphatic carbocycles. The maximum Gasteiger partial charge on any atom is 0.215 e. The Kier molecular flexibility index (Phi) is 5.17. The predicted octanol–water partition coefficient (Wildman–Crippen LogP) is 1.53. The van der Waals surface area contributed by atoms with Crippen LogP contribution in [-0.4, -0.2) is 60.6 Å². The molecule has 0 atom stereocenters.